The van der Waals surface area contributed by atoms with Crippen LogP contribution in [0.1, 0.15) is 12.8 Å². The van der Waals surface area contributed by atoms with Gasteiger partial charge < -0.3 is 9.64 Å². The molecule has 25 heavy (non-hydrogen) atoms. The van der Waals surface area contributed by atoms with E-state index < -0.39 is 9.73 Å². The Morgan fingerprint density at radius 2 is 2.04 bits per heavy atom. The predicted molar refractivity (Wildman–Crippen MR) is 101 cm³/mol. The van der Waals surface area contributed by atoms with Gasteiger partial charge in [-0.2, -0.15) is 0 Å². The number of ether oxygens (including phenoxy) is 1. The van der Waals surface area contributed by atoms with Gasteiger partial charge in [-0.05, 0) is 30.9 Å². The molecular formula is C18H24N4O2S. The summed E-state index contributed by atoms with van der Waals surface area (Å²) in [4.78, 5) is 11.1. The summed E-state index contributed by atoms with van der Waals surface area (Å²) in [6, 6.07) is 4.07. The number of hydrogen-bond donors (Lipinski definition) is 0. The van der Waals surface area contributed by atoms with Gasteiger partial charge in [-0.3, -0.25) is 9.19 Å². The lowest BCUT2D eigenvalue weighted by Crippen LogP contribution is -2.63. The summed E-state index contributed by atoms with van der Waals surface area (Å²) in [5.41, 5.74) is 2.41. The fraction of sp³-hybridized carbons (Fsp3) is 0.556. The van der Waals surface area contributed by atoms with E-state index in [1.54, 1.807) is 26.6 Å². The first-order valence-electron chi connectivity index (χ1n) is 8.56. The van der Waals surface area contributed by atoms with Gasteiger partial charge in [-0.25, -0.2) is 9.35 Å². The zero-order valence-electron chi connectivity index (χ0n) is 14.9. The highest BCUT2D eigenvalue weighted by Gasteiger charge is 2.52. The highest BCUT2D eigenvalue weighted by Crippen LogP contribution is 2.53. The minimum atomic E-state index is -1.98. The molecule has 1 atom stereocenters. The molecule has 1 spiro atoms. The zero-order chi connectivity index (χ0) is 17.7. The van der Waals surface area contributed by atoms with Crippen molar-refractivity contribution in [2.45, 2.75) is 12.8 Å². The lowest BCUT2D eigenvalue weighted by atomic mass is 9.58. The van der Waals surface area contributed by atoms with Crippen LogP contribution in [0, 0.1) is 11.3 Å². The molecule has 0 bridgehead atoms. The van der Waals surface area contributed by atoms with Gasteiger partial charge in [0.05, 0.1) is 7.11 Å². The molecule has 1 aliphatic heterocycles. The SMILES string of the molecule is CN=S(C)(=O)CC1CC2(C1)CN(c1ccnc3c(OC)nccc13)C2. The Bertz CT molecular complexity index is 922. The van der Waals surface area contributed by atoms with Gasteiger partial charge in [0.25, 0.3) is 0 Å². The summed E-state index contributed by atoms with van der Waals surface area (Å²) >= 11 is 0. The van der Waals surface area contributed by atoms with Crippen LogP contribution in [-0.4, -0.2) is 53.4 Å². The zero-order valence-corrected chi connectivity index (χ0v) is 15.8. The van der Waals surface area contributed by atoms with Crippen molar-refractivity contribution in [3.05, 3.63) is 24.5 Å². The smallest absolute Gasteiger partial charge is 0.240 e. The van der Waals surface area contributed by atoms with Gasteiger partial charge in [0.15, 0.2) is 0 Å². The van der Waals surface area contributed by atoms with Crippen LogP contribution in [0.25, 0.3) is 10.9 Å². The van der Waals surface area contributed by atoms with Crippen molar-refractivity contribution in [1.82, 2.24) is 9.97 Å². The van der Waals surface area contributed by atoms with Crippen molar-refractivity contribution >= 4 is 26.3 Å². The molecule has 7 heteroatoms. The van der Waals surface area contributed by atoms with Crippen molar-refractivity contribution in [3.8, 4) is 5.88 Å². The van der Waals surface area contributed by atoms with E-state index in [-0.39, 0.29) is 0 Å². The Hall–Kier alpha value is -1.89. The molecule has 2 aromatic heterocycles. The minimum Gasteiger partial charge on any atom is -0.479 e. The molecule has 6 nitrogen and oxygen atoms in total. The summed E-state index contributed by atoms with van der Waals surface area (Å²) in [7, 11) is 1.31. The maximum atomic E-state index is 12.2. The van der Waals surface area contributed by atoms with Crippen molar-refractivity contribution in [1.29, 1.82) is 0 Å². The van der Waals surface area contributed by atoms with Crippen LogP contribution in [-0.2, 0) is 9.73 Å². The summed E-state index contributed by atoms with van der Waals surface area (Å²) in [5.74, 6) is 1.87. The Morgan fingerprint density at radius 1 is 1.32 bits per heavy atom. The average Bonchev–Trinajstić information content (AvgIpc) is 2.55. The quantitative estimate of drug-likeness (QED) is 0.838. The van der Waals surface area contributed by atoms with E-state index in [0.717, 1.165) is 42.6 Å². The van der Waals surface area contributed by atoms with Crippen LogP contribution in [0.5, 0.6) is 5.88 Å². The largest absolute Gasteiger partial charge is 0.479 e. The van der Waals surface area contributed by atoms with Gasteiger partial charge >= 0.3 is 0 Å². The van der Waals surface area contributed by atoms with E-state index in [1.807, 2.05) is 12.3 Å². The molecule has 0 aromatic carbocycles. The number of anilines is 1. The van der Waals surface area contributed by atoms with Crippen molar-refractivity contribution in [2.24, 2.45) is 15.7 Å². The molecule has 1 aliphatic carbocycles. The third-order valence-electron chi connectivity index (χ3n) is 5.56. The molecule has 2 aliphatic rings. The van der Waals surface area contributed by atoms with E-state index in [2.05, 4.69) is 25.3 Å². The Labute approximate surface area is 148 Å². The first-order valence-corrected chi connectivity index (χ1v) is 10.7. The summed E-state index contributed by atoms with van der Waals surface area (Å²) in [6.07, 6.45) is 7.70. The number of rotatable bonds is 4. The van der Waals surface area contributed by atoms with E-state index in [9.17, 15) is 4.21 Å². The molecule has 4 rings (SSSR count). The van der Waals surface area contributed by atoms with Crippen LogP contribution < -0.4 is 9.64 Å². The molecule has 1 saturated heterocycles. The number of aromatic nitrogens is 2. The lowest BCUT2D eigenvalue weighted by molar-refractivity contribution is 0.0358. The lowest BCUT2D eigenvalue weighted by Gasteiger charge is -2.60. The van der Waals surface area contributed by atoms with E-state index in [0.29, 0.717) is 17.2 Å². The van der Waals surface area contributed by atoms with E-state index in [4.69, 9.17) is 4.74 Å². The summed E-state index contributed by atoms with van der Waals surface area (Å²) in [5, 5.41) is 1.08. The predicted octanol–water partition coefficient (Wildman–Crippen LogP) is 2.58. The van der Waals surface area contributed by atoms with E-state index >= 15 is 0 Å². The van der Waals surface area contributed by atoms with Crippen LogP contribution in [0.15, 0.2) is 28.9 Å². The minimum absolute atomic E-state index is 0.403. The highest BCUT2D eigenvalue weighted by molar-refractivity contribution is 7.92. The number of nitrogens with zero attached hydrogens (tertiary/aromatic N) is 4. The normalized spacial score (nSPS) is 21.5. The number of hydrogen-bond acceptors (Lipinski definition) is 6. The second kappa shape index (κ2) is 5.83. The maximum Gasteiger partial charge on any atom is 0.240 e. The molecule has 134 valence electrons. The van der Waals surface area contributed by atoms with Crippen LogP contribution in [0.4, 0.5) is 5.69 Å². The third kappa shape index (κ3) is 2.84. The van der Waals surface area contributed by atoms with Gasteiger partial charge in [-0.15, -0.1) is 0 Å². The first kappa shape index (κ1) is 16.6. The Balaban J connectivity index is 1.47. The molecule has 0 radical (unpaired) electrons. The Morgan fingerprint density at radius 3 is 2.72 bits per heavy atom. The van der Waals surface area contributed by atoms with Gasteiger partial charge in [-0.1, -0.05) is 0 Å². The number of fused-ring (bicyclic) bond motifs is 1. The molecule has 1 unspecified atom stereocenters. The third-order valence-corrected chi connectivity index (χ3v) is 7.43. The van der Waals surface area contributed by atoms with Gasteiger partial charge in [0.2, 0.25) is 5.88 Å². The second-order valence-corrected chi connectivity index (χ2v) is 10.1. The van der Waals surface area contributed by atoms with Crippen molar-refractivity contribution in [3.63, 3.8) is 0 Å². The highest BCUT2D eigenvalue weighted by atomic mass is 32.2. The van der Waals surface area contributed by atoms with E-state index in [1.165, 1.54) is 5.69 Å². The molecule has 0 N–H and O–H groups in total. The molecular weight excluding hydrogens is 336 g/mol. The molecule has 3 heterocycles. The van der Waals surface area contributed by atoms with Gasteiger partial charge in [0.1, 0.15) is 5.52 Å². The van der Waals surface area contributed by atoms with Crippen LogP contribution in [0.2, 0.25) is 0 Å². The molecule has 1 saturated carbocycles. The van der Waals surface area contributed by atoms with Crippen LogP contribution >= 0.6 is 0 Å². The average molecular weight is 360 g/mol. The Kier molecular flexibility index (Phi) is 3.86. The summed E-state index contributed by atoms with van der Waals surface area (Å²) < 4.78 is 21.5. The summed E-state index contributed by atoms with van der Waals surface area (Å²) in [6.45, 7) is 2.11. The standard InChI is InChI=1S/C18H24N4O2S/c1-19-25(3,23)10-13-8-18(9-13)11-22(12-18)15-5-7-20-16-14(15)4-6-21-17(16)24-2/h4-7,13H,8-12H2,1-3H3. The fourth-order valence-corrected chi connectivity index (χ4v) is 5.71. The van der Waals surface area contributed by atoms with Crippen molar-refractivity contribution < 1.29 is 8.95 Å². The van der Waals surface area contributed by atoms with Crippen LogP contribution in [0.3, 0.4) is 0 Å². The maximum absolute atomic E-state index is 12.2. The van der Waals surface area contributed by atoms with Gasteiger partial charge in [0, 0.05) is 70.8 Å². The number of pyridine rings is 2. The monoisotopic (exact) mass is 360 g/mol. The molecule has 2 aromatic rings. The number of methoxy groups -OCH3 is 1. The first-order chi connectivity index (χ1) is 12.0. The molecule has 0 amide bonds. The second-order valence-electron chi connectivity index (χ2n) is 7.49. The van der Waals surface area contributed by atoms with Crippen molar-refractivity contribution in [2.75, 3.05) is 44.2 Å². The topological polar surface area (TPSA) is 67.7 Å². The molecule has 2 fully saturated rings. The fourth-order valence-electron chi connectivity index (χ4n) is 4.45.